The number of hydrogen-bond donors (Lipinski definition) is 1. The summed E-state index contributed by atoms with van der Waals surface area (Å²) in [5.74, 6) is 0. The van der Waals surface area contributed by atoms with Crippen molar-refractivity contribution in [3.8, 4) is 0 Å². The number of thiophene rings is 1. The zero-order chi connectivity index (χ0) is 8.32. The lowest BCUT2D eigenvalue weighted by Gasteiger charge is -2.25. The molecule has 1 aromatic heterocycles. The van der Waals surface area contributed by atoms with Crippen LogP contribution in [0.1, 0.15) is 32.3 Å². The second kappa shape index (κ2) is 3.37. The van der Waals surface area contributed by atoms with E-state index in [1.54, 1.807) is 11.3 Å². The van der Waals surface area contributed by atoms with E-state index in [9.17, 15) is 0 Å². The summed E-state index contributed by atoms with van der Waals surface area (Å²) in [5.41, 5.74) is 7.37. The number of rotatable bonds is 3. The molecule has 0 radical (unpaired) electrons. The van der Waals surface area contributed by atoms with Gasteiger partial charge in [-0.25, -0.2) is 0 Å². The first-order valence-electron chi connectivity index (χ1n) is 4.04. The van der Waals surface area contributed by atoms with Gasteiger partial charge in [0.1, 0.15) is 0 Å². The maximum atomic E-state index is 6.17. The highest BCUT2D eigenvalue weighted by Gasteiger charge is 2.22. The molecule has 1 aromatic rings. The Morgan fingerprint density at radius 3 is 2.45 bits per heavy atom. The summed E-state index contributed by atoms with van der Waals surface area (Å²) in [6.45, 7) is 4.28. The van der Waals surface area contributed by atoms with Gasteiger partial charge in [0.2, 0.25) is 0 Å². The second-order valence-corrected chi connectivity index (χ2v) is 3.66. The van der Waals surface area contributed by atoms with E-state index in [1.165, 1.54) is 5.56 Å². The maximum absolute atomic E-state index is 6.17. The fourth-order valence-corrected chi connectivity index (χ4v) is 1.97. The maximum Gasteiger partial charge on any atom is 0.0412 e. The van der Waals surface area contributed by atoms with Gasteiger partial charge in [-0.3, -0.25) is 0 Å². The highest BCUT2D eigenvalue weighted by Crippen LogP contribution is 2.26. The van der Waals surface area contributed by atoms with Crippen molar-refractivity contribution < 1.29 is 0 Å². The van der Waals surface area contributed by atoms with Crippen LogP contribution in [0.25, 0.3) is 0 Å². The standard InChI is InChI=1S/C9H15NS/c1-3-9(10,4-2)8-5-6-11-7-8/h5-7H,3-4,10H2,1-2H3. The lowest BCUT2D eigenvalue weighted by Crippen LogP contribution is -2.34. The van der Waals surface area contributed by atoms with Crippen LogP contribution < -0.4 is 5.73 Å². The third-order valence-electron chi connectivity index (χ3n) is 2.36. The molecule has 1 heterocycles. The molecule has 2 heteroatoms. The van der Waals surface area contributed by atoms with Gasteiger partial charge < -0.3 is 5.73 Å². The molecule has 2 N–H and O–H groups in total. The van der Waals surface area contributed by atoms with Crippen LogP contribution in [-0.4, -0.2) is 0 Å². The molecule has 0 aliphatic heterocycles. The van der Waals surface area contributed by atoms with Crippen molar-refractivity contribution in [3.05, 3.63) is 22.4 Å². The predicted molar refractivity (Wildman–Crippen MR) is 50.8 cm³/mol. The summed E-state index contributed by atoms with van der Waals surface area (Å²) < 4.78 is 0. The zero-order valence-corrected chi connectivity index (χ0v) is 7.95. The van der Waals surface area contributed by atoms with Gasteiger partial charge in [-0.15, -0.1) is 0 Å². The van der Waals surface area contributed by atoms with Crippen molar-refractivity contribution >= 4 is 11.3 Å². The van der Waals surface area contributed by atoms with Gasteiger partial charge in [-0.05, 0) is 35.2 Å². The normalized spacial score (nSPS) is 11.9. The van der Waals surface area contributed by atoms with E-state index in [1.807, 2.05) is 0 Å². The molecule has 0 saturated heterocycles. The molecule has 62 valence electrons. The van der Waals surface area contributed by atoms with Crippen LogP contribution in [0.5, 0.6) is 0 Å². The van der Waals surface area contributed by atoms with E-state index in [4.69, 9.17) is 5.73 Å². The highest BCUT2D eigenvalue weighted by atomic mass is 32.1. The fraction of sp³-hybridized carbons (Fsp3) is 0.556. The number of hydrogen-bond acceptors (Lipinski definition) is 2. The predicted octanol–water partition coefficient (Wildman–Crippen LogP) is 2.72. The largest absolute Gasteiger partial charge is 0.321 e. The Balaban J connectivity index is 2.87. The Kier molecular flexibility index (Phi) is 2.68. The van der Waals surface area contributed by atoms with Crippen LogP contribution in [0.15, 0.2) is 16.8 Å². The minimum absolute atomic E-state index is 0.0833. The minimum atomic E-state index is -0.0833. The quantitative estimate of drug-likeness (QED) is 0.739. The smallest absolute Gasteiger partial charge is 0.0412 e. The van der Waals surface area contributed by atoms with Gasteiger partial charge in [0.05, 0.1) is 0 Å². The first kappa shape index (κ1) is 8.75. The Morgan fingerprint density at radius 1 is 1.45 bits per heavy atom. The Morgan fingerprint density at radius 2 is 2.09 bits per heavy atom. The van der Waals surface area contributed by atoms with Crippen LogP contribution in [0.4, 0.5) is 0 Å². The first-order chi connectivity index (χ1) is 5.23. The summed E-state index contributed by atoms with van der Waals surface area (Å²) in [7, 11) is 0. The third-order valence-corrected chi connectivity index (χ3v) is 3.04. The molecule has 0 saturated carbocycles. The van der Waals surface area contributed by atoms with E-state index in [0.29, 0.717) is 0 Å². The van der Waals surface area contributed by atoms with Gasteiger partial charge in [0.25, 0.3) is 0 Å². The molecule has 0 aliphatic rings. The molecule has 0 unspecified atom stereocenters. The molecule has 0 aromatic carbocycles. The average molecular weight is 169 g/mol. The summed E-state index contributed by atoms with van der Waals surface area (Å²) in [4.78, 5) is 0. The molecule has 1 rings (SSSR count). The molecule has 0 aliphatic carbocycles. The van der Waals surface area contributed by atoms with Crippen molar-refractivity contribution in [2.75, 3.05) is 0 Å². The van der Waals surface area contributed by atoms with Crippen molar-refractivity contribution in [1.82, 2.24) is 0 Å². The Bertz CT molecular complexity index is 199. The second-order valence-electron chi connectivity index (χ2n) is 2.88. The van der Waals surface area contributed by atoms with E-state index in [-0.39, 0.29) is 5.54 Å². The molecule has 1 nitrogen and oxygen atoms in total. The zero-order valence-electron chi connectivity index (χ0n) is 7.13. The van der Waals surface area contributed by atoms with Gasteiger partial charge in [0, 0.05) is 5.54 Å². The van der Waals surface area contributed by atoms with Gasteiger partial charge >= 0.3 is 0 Å². The average Bonchev–Trinajstić information content (AvgIpc) is 2.55. The fourth-order valence-electron chi connectivity index (χ4n) is 1.21. The van der Waals surface area contributed by atoms with Crippen LogP contribution >= 0.6 is 11.3 Å². The van der Waals surface area contributed by atoms with Crippen LogP contribution in [0.2, 0.25) is 0 Å². The van der Waals surface area contributed by atoms with Gasteiger partial charge in [0.15, 0.2) is 0 Å². The molecule has 0 fully saturated rings. The summed E-state index contributed by atoms with van der Waals surface area (Å²) in [6, 6.07) is 2.12. The van der Waals surface area contributed by atoms with E-state index in [2.05, 4.69) is 30.7 Å². The highest BCUT2D eigenvalue weighted by molar-refractivity contribution is 7.08. The Hall–Kier alpha value is -0.340. The van der Waals surface area contributed by atoms with Gasteiger partial charge in [-0.2, -0.15) is 11.3 Å². The lowest BCUT2D eigenvalue weighted by molar-refractivity contribution is 0.414. The van der Waals surface area contributed by atoms with E-state index < -0.39 is 0 Å². The lowest BCUT2D eigenvalue weighted by atomic mass is 9.88. The Labute approximate surface area is 72.2 Å². The molecule has 0 atom stereocenters. The first-order valence-corrected chi connectivity index (χ1v) is 4.98. The summed E-state index contributed by atoms with van der Waals surface area (Å²) in [5, 5.41) is 4.23. The van der Waals surface area contributed by atoms with Crippen molar-refractivity contribution in [3.63, 3.8) is 0 Å². The topological polar surface area (TPSA) is 26.0 Å². The monoisotopic (exact) mass is 169 g/mol. The van der Waals surface area contributed by atoms with E-state index >= 15 is 0 Å². The molecule has 0 bridgehead atoms. The van der Waals surface area contributed by atoms with Crippen LogP contribution in [-0.2, 0) is 5.54 Å². The van der Waals surface area contributed by atoms with Crippen LogP contribution in [0, 0.1) is 0 Å². The molecular formula is C9H15NS. The third kappa shape index (κ3) is 1.63. The minimum Gasteiger partial charge on any atom is -0.321 e. The van der Waals surface area contributed by atoms with Crippen molar-refractivity contribution in [2.45, 2.75) is 32.2 Å². The molecule has 11 heavy (non-hydrogen) atoms. The van der Waals surface area contributed by atoms with Crippen LogP contribution in [0.3, 0.4) is 0 Å². The molecule has 0 spiro atoms. The molecule has 0 amide bonds. The summed E-state index contributed by atoms with van der Waals surface area (Å²) >= 11 is 1.72. The van der Waals surface area contributed by atoms with Crippen molar-refractivity contribution in [2.24, 2.45) is 5.73 Å². The van der Waals surface area contributed by atoms with E-state index in [0.717, 1.165) is 12.8 Å². The number of nitrogens with two attached hydrogens (primary N) is 1. The SMILES string of the molecule is CCC(N)(CC)c1ccsc1. The van der Waals surface area contributed by atoms with Gasteiger partial charge in [-0.1, -0.05) is 13.8 Å². The molecular weight excluding hydrogens is 154 g/mol. The summed E-state index contributed by atoms with van der Waals surface area (Å²) in [6.07, 6.45) is 2.03. The van der Waals surface area contributed by atoms with Crippen molar-refractivity contribution in [1.29, 1.82) is 0 Å².